The van der Waals surface area contributed by atoms with Crippen LogP contribution in [-0.2, 0) is 17.9 Å². The van der Waals surface area contributed by atoms with Crippen LogP contribution in [0, 0.1) is 0 Å². The highest BCUT2D eigenvalue weighted by atomic mass is 16.3. The van der Waals surface area contributed by atoms with E-state index < -0.39 is 6.61 Å². The van der Waals surface area contributed by atoms with E-state index in [-0.39, 0.29) is 5.91 Å². The van der Waals surface area contributed by atoms with Crippen molar-refractivity contribution >= 4 is 18.3 Å². The Bertz CT molecular complexity index is 415. The maximum Gasteiger partial charge on any atom is 0.248 e. The summed E-state index contributed by atoms with van der Waals surface area (Å²) < 4.78 is 0. The normalized spacial score (nSPS) is 13.8. The lowest BCUT2D eigenvalue weighted by molar-refractivity contribution is -0.134. The molecule has 0 spiro atoms. The highest BCUT2D eigenvalue weighted by Gasteiger charge is 2.24. The maximum atomic E-state index is 11.3. The van der Waals surface area contributed by atoms with Gasteiger partial charge in [-0.3, -0.25) is 9.79 Å². The molecule has 0 saturated heterocycles. The van der Waals surface area contributed by atoms with Gasteiger partial charge in [0.2, 0.25) is 5.91 Å². The molecule has 0 fully saturated rings. The zero-order chi connectivity index (χ0) is 10.8. The number of carbonyl (C=O) groups is 1. The Balaban J connectivity index is 2.30. The van der Waals surface area contributed by atoms with Crippen LogP contribution in [0.2, 0.25) is 0 Å². The fourth-order valence-corrected chi connectivity index (χ4v) is 1.83. The van der Waals surface area contributed by atoms with E-state index in [4.69, 9.17) is 5.11 Å². The van der Waals surface area contributed by atoms with Gasteiger partial charge in [0.25, 0.3) is 0 Å². The number of hydrogen-bond acceptors (Lipinski definition) is 3. The summed E-state index contributed by atoms with van der Waals surface area (Å²) in [5, 5.41) is 8.77. The molecule has 0 radical (unpaired) electrons. The van der Waals surface area contributed by atoms with Gasteiger partial charge in [0.05, 0.1) is 5.69 Å². The summed E-state index contributed by atoms with van der Waals surface area (Å²) in [7, 11) is 0. The van der Waals surface area contributed by atoms with E-state index in [1.54, 1.807) is 4.90 Å². The Morgan fingerprint density at radius 2 is 2.33 bits per heavy atom. The minimum atomic E-state index is -0.440. The van der Waals surface area contributed by atoms with Gasteiger partial charge in [-0.05, 0) is 18.3 Å². The molecule has 1 aromatic rings. The fourth-order valence-electron chi connectivity index (χ4n) is 1.83. The zero-order valence-corrected chi connectivity index (χ0v) is 8.31. The van der Waals surface area contributed by atoms with Crippen LogP contribution < -0.4 is 0 Å². The molecule has 1 aliphatic heterocycles. The van der Waals surface area contributed by atoms with Crippen molar-refractivity contribution in [1.29, 1.82) is 0 Å². The first-order chi connectivity index (χ1) is 7.26. The monoisotopic (exact) mass is 204 g/mol. The highest BCUT2D eigenvalue weighted by Crippen LogP contribution is 2.30. The van der Waals surface area contributed by atoms with Gasteiger partial charge in [-0.15, -0.1) is 0 Å². The highest BCUT2D eigenvalue weighted by molar-refractivity contribution is 5.78. The van der Waals surface area contributed by atoms with Crippen LogP contribution in [0.15, 0.2) is 23.2 Å². The molecule has 0 bridgehead atoms. The van der Waals surface area contributed by atoms with Crippen molar-refractivity contribution in [3.8, 4) is 0 Å². The molecular weight excluding hydrogens is 192 g/mol. The molecule has 2 rings (SSSR count). The molecule has 0 aliphatic carbocycles. The lowest BCUT2D eigenvalue weighted by Crippen LogP contribution is -2.27. The minimum Gasteiger partial charge on any atom is -0.387 e. The van der Waals surface area contributed by atoms with E-state index in [1.807, 2.05) is 18.2 Å². The van der Waals surface area contributed by atoms with Crippen molar-refractivity contribution < 1.29 is 9.90 Å². The Morgan fingerprint density at radius 1 is 1.53 bits per heavy atom. The van der Waals surface area contributed by atoms with Crippen molar-refractivity contribution in [2.75, 3.05) is 6.61 Å². The summed E-state index contributed by atoms with van der Waals surface area (Å²) in [5.74, 6) is -0.249. The van der Waals surface area contributed by atoms with Crippen LogP contribution in [-0.4, -0.2) is 29.2 Å². The van der Waals surface area contributed by atoms with Gasteiger partial charge < -0.3 is 10.0 Å². The van der Waals surface area contributed by atoms with Gasteiger partial charge in [0.15, 0.2) is 0 Å². The average molecular weight is 204 g/mol. The molecule has 0 aromatic heterocycles. The Labute approximate surface area is 87.9 Å². The van der Waals surface area contributed by atoms with Crippen LogP contribution in [0.1, 0.15) is 11.1 Å². The van der Waals surface area contributed by atoms with Gasteiger partial charge >= 0.3 is 0 Å². The summed E-state index contributed by atoms with van der Waals surface area (Å²) in [6.07, 6.45) is 0. The predicted molar refractivity (Wildman–Crippen MR) is 57.0 cm³/mol. The molecular formula is C11H12N2O2. The van der Waals surface area contributed by atoms with Gasteiger partial charge in [-0.2, -0.15) is 0 Å². The molecule has 78 valence electrons. The van der Waals surface area contributed by atoms with E-state index in [0.717, 1.165) is 16.8 Å². The van der Waals surface area contributed by atoms with Crippen molar-refractivity contribution in [3.05, 3.63) is 29.3 Å². The number of carbonyl (C=O) groups excluding carboxylic acids is 1. The number of hydrogen-bond donors (Lipinski definition) is 1. The van der Waals surface area contributed by atoms with Crippen LogP contribution in [0.25, 0.3) is 0 Å². The number of aliphatic hydroxyl groups excluding tert-OH is 1. The number of rotatable bonds is 2. The molecule has 0 unspecified atom stereocenters. The molecule has 4 nitrogen and oxygen atoms in total. The van der Waals surface area contributed by atoms with Crippen LogP contribution in [0.5, 0.6) is 0 Å². The Morgan fingerprint density at radius 3 is 3.00 bits per heavy atom. The maximum absolute atomic E-state index is 11.3. The topological polar surface area (TPSA) is 52.9 Å². The first kappa shape index (κ1) is 9.86. The molecule has 1 heterocycles. The molecule has 0 atom stereocenters. The van der Waals surface area contributed by atoms with E-state index >= 15 is 0 Å². The molecule has 4 heteroatoms. The van der Waals surface area contributed by atoms with Crippen LogP contribution >= 0.6 is 0 Å². The zero-order valence-electron chi connectivity index (χ0n) is 8.31. The molecule has 1 aliphatic rings. The first-order valence-electron chi connectivity index (χ1n) is 4.72. The third kappa shape index (κ3) is 1.64. The second-order valence-corrected chi connectivity index (χ2v) is 3.48. The largest absolute Gasteiger partial charge is 0.387 e. The van der Waals surface area contributed by atoms with Crippen molar-refractivity contribution in [3.63, 3.8) is 0 Å². The summed E-state index contributed by atoms with van der Waals surface area (Å²) in [6.45, 7) is 4.13. The summed E-state index contributed by atoms with van der Waals surface area (Å²) in [4.78, 5) is 16.8. The van der Waals surface area contributed by atoms with Gasteiger partial charge in [0, 0.05) is 18.7 Å². The smallest absolute Gasteiger partial charge is 0.248 e. The quantitative estimate of drug-likeness (QED) is 0.726. The minimum absolute atomic E-state index is 0.249. The summed E-state index contributed by atoms with van der Waals surface area (Å²) in [5.41, 5.74) is 2.94. The van der Waals surface area contributed by atoms with E-state index in [9.17, 15) is 4.79 Å². The van der Waals surface area contributed by atoms with E-state index in [2.05, 4.69) is 11.7 Å². The van der Waals surface area contributed by atoms with Crippen LogP contribution in [0.3, 0.4) is 0 Å². The van der Waals surface area contributed by atoms with Crippen molar-refractivity contribution in [2.45, 2.75) is 13.1 Å². The number of aliphatic imine (C=N–C) groups is 1. The predicted octanol–water partition coefficient (Wildman–Crippen LogP) is 0.853. The average Bonchev–Trinajstić information content (AvgIpc) is 2.71. The lowest BCUT2D eigenvalue weighted by atomic mass is 10.1. The third-order valence-electron chi connectivity index (χ3n) is 2.62. The molecule has 15 heavy (non-hydrogen) atoms. The third-order valence-corrected chi connectivity index (χ3v) is 2.62. The van der Waals surface area contributed by atoms with Gasteiger partial charge in [-0.1, -0.05) is 12.1 Å². The number of benzene rings is 1. The standard InChI is InChI=1S/C11H12N2O2/c1-12-10-4-2-3-8-5-13(6-9(8)10)11(15)7-14/h2-4,14H,1,5-7H2. The first-order valence-corrected chi connectivity index (χ1v) is 4.72. The molecule has 1 aromatic carbocycles. The lowest BCUT2D eigenvalue weighted by Gasteiger charge is -2.12. The second kappa shape index (κ2) is 3.82. The summed E-state index contributed by atoms with van der Waals surface area (Å²) >= 11 is 0. The SMILES string of the molecule is C=Nc1cccc2c1CN(C(=O)CO)C2. The molecule has 0 saturated carbocycles. The number of nitrogens with zero attached hydrogens (tertiary/aromatic N) is 2. The number of amides is 1. The number of fused-ring (bicyclic) bond motifs is 1. The fraction of sp³-hybridized carbons (Fsp3) is 0.273. The number of aliphatic hydroxyl groups is 1. The second-order valence-electron chi connectivity index (χ2n) is 3.48. The summed E-state index contributed by atoms with van der Waals surface area (Å²) in [6, 6.07) is 5.74. The Hall–Kier alpha value is -1.68. The Kier molecular flexibility index (Phi) is 2.51. The van der Waals surface area contributed by atoms with E-state index in [0.29, 0.717) is 13.1 Å². The van der Waals surface area contributed by atoms with E-state index in [1.165, 1.54) is 0 Å². The van der Waals surface area contributed by atoms with Crippen LogP contribution in [0.4, 0.5) is 5.69 Å². The van der Waals surface area contributed by atoms with Crippen molar-refractivity contribution in [2.24, 2.45) is 4.99 Å². The molecule has 1 amide bonds. The molecule has 1 N–H and O–H groups in total. The van der Waals surface area contributed by atoms with Crippen molar-refractivity contribution in [1.82, 2.24) is 4.90 Å². The van der Waals surface area contributed by atoms with Gasteiger partial charge in [-0.25, -0.2) is 0 Å². The van der Waals surface area contributed by atoms with Gasteiger partial charge in [0.1, 0.15) is 6.61 Å².